The number of carbonyl (C=O) groups is 1. The van der Waals surface area contributed by atoms with Crippen molar-refractivity contribution in [2.75, 3.05) is 5.32 Å². The van der Waals surface area contributed by atoms with Crippen LogP contribution in [0, 0.1) is 19.8 Å². The topological polar surface area (TPSA) is 71.0 Å². The summed E-state index contributed by atoms with van der Waals surface area (Å²) < 4.78 is 1.88. The van der Waals surface area contributed by atoms with E-state index in [1.165, 1.54) is 12.8 Å². The molecule has 1 saturated heterocycles. The lowest BCUT2D eigenvalue weighted by molar-refractivity contribution is -0.118. The van der Waals surface area contributed by atoms with E-state index in [0.29, 0.717) is 12.0 Å². The zero-order valence-electron chi connectivity index (χ0n) is 14.7. The number of hydrazine groups is 1. The summed E-state index contributed by atoms with van der Waals surface area (Å²) in [6.07, 6.45) is 4.69. The van der Waals surface area contributed by atoms with Gasteiger partial charge in [-0.1, -0.05) is 31.0 Å². The monoisotopic (exact) mass is 339 g/mol. The van der Waals surface area contributed by atoms with Crippen LogP contribution in [0.5, 0.6) is 0 Å². The number of rotatable bonds is 3. The highest BCUT2D eigenvalue weighted by atomic mass is 16.2. The molecule has 1 aliphatic heterocycles. The quantitative estimate of drug-likeness (QED) is 0.803. The second-order valence-electron chi connectivity index (χ2n) is 7.10. The summed E-state index contributed by atoms with van der Waals surface area (Å²) in [5.41, 5.74) is 10.1. The van der Waals surface area contributed by atoms with Crippen LogP contribution in [0.25, 0.3) is 5.69 Å². The molecule has 25 heavy (non-hydrogen) atoms. The number of para-hydroxylation sites is 1. The number of nitrogens with one attached hydrogen (secondary N) is 3. The van der Waals surface area contributed by atoms with Gasteiger partial charge in [0.25, 0.3) is 0 Å². The SMILES string of the molecule is Cc1nn(-c2ccccc2)c(C)c1NC(=O)C1NNC2CCCCC21. The molecule has 6 heteroatoms. The van der Waals surface area contributed by atoms with E-state index in [2.05, 4.69) is 21.3 Å². The van der Waals surface area contributed by atoms with Crippen molar-refractivity contribution in [2.24, 2.45) is 5.92 Å². The van der Waals surface area contributed by atoms with Crippen LogP contribution in [0.1, 0.15) is 37.1 Å². The largest absolute Gasteiger partial charge is 0.322 e. The van der Waals surface area contributed by atoms with Gasteiger partial charge < -0.3 is 5.32 Å². The Morgan fingerprint density at radius 2 is 1.92 bits per heavy atom. The molecule has 1 aliphatic carbocycles. The van der Waals surface area contributed by atoms with Crippen molar-refractivity contribution < 1.29 is 4.79 Å². The number of fused-ring (bicyclic) bond motifs is 1. The molecule has 6 nitrogen and oxygen atoms in total. The normalized spacial score (nSPS) is 25.6. The standard InChI is InChI=1S/C19H25N5O/c1-12-17(13(2)24(23-12)14-8-4-3-5-9-14)20-19(25)18-15-10-6-7-11-16(15)21-22-18/h3-5,8-9,15-16,18,21-22H,6-7,10-11H2,1-2H3,(H,20,25). The Morgan fingerprint density at radius 3 is 2.72 bits per heavy atom. The first-order valence-electron chi connectivity index (χ1n) is 9.08. The first-order valence-corrected chi connectivity index (χ1v) is 9.08. The minimum atomic E-state index is -0.177. The van der Waals surface area contributed by atoms with Gasteiger partial charge in [-0.2, -0.15) is 5.10 Å². The Hall–Kier alpha value is -2.18. The number of benzene rings is 1. The van der Waals surface area contributed by atoms with Crippen LogP contribution in [0.2, 0.25) is 0 Å². The van der Waals surface area contributed by atoms with Crippen LogP contribution in [-0.4, -0.2) is 27.8 Å². The Kier molecular flexibility index (Phi) is 4.31. The maximum atomic E-state index is 12.9. The fraction of sp³-hybridized carbons (Fsp3) is 0.474. The van der Waals surface area contributed by atoms with E-state index < -0.39 is 0 Å². The molecule has 0 spiro atoms. The average molecular weight is 339 g/mol. The number of hydrogen-bond acceptors (Lipinski definition) is 4. The maximum Gasteiger partial charge on any atom is 0.243 e. The van der Waals surface area contributed by atoms with Gasteiger partial charge in [0, 0.05) is 12.0 Å². The highest BCUT2D eigenvalue weighted by Crippen LogP contribution is 2.31. The van der Waals surface area contributed by atoms with Crippen LogP contribution in [0.4, 0.5) is 5.69 Å². The zero-order chi connectivity index (χ0) is 17.4. The molecular weight excluding hydrogens is 314 g/mol. The molecule has 132 valence electrons. The third-order valence-electron chi connectivity index (χ3n) is 5.49. The molecule has 2 aliphatic rings. The van der Waals surface area contributed by atoms with E-state index in [4.69, 9.17) is 0 Å². The van der Waals surface area contributed by atoms with Crippen LogP contribution in [0.15, 0.2) is 30.3 Å². The fourth-order valence-electron chi connectivity index (χ4n) is 4.15. The predicted molar refractivity (Wildman–Crippen MR) is 97.5 cm³/mol. The van der Waals surface area contributed by atoms with Gasteiger partial charge in [-0.25, -0.2) is 10.1 Å². The molecule has 4 rings (SSSR count). The van der Waals surface area contributed by atoms with E-state index in [0.717, 1.165) is 35.6 Å². The van der Waals surface area contributed by atoms with Gasteiger partial charge in [-0.3, -0.25) is 10.2 Å². The minimum Gasteiger partial charge on any atom is -0.322 e. The summed E-state index contributed by atoms with van der Waals surface area (Å²) in [4.78, 5) is 12.9. The van der Waals surface area contributed by atoms with Gasteiger partial charge in [0.2, 0.25) is 5.91 Å². The lowest BCUT2D eigenvalue weighted by Gasteiger charge is -2.26. The smallest absolute Gasteiger partial charge is 0.243 e. The lowest BCUT2D eigenvalue weighted by Crippen LogP contribution is -2.42. The molecule has 1 saturated carbocycles. The Labute approximate surface area is 148 Å². The van der Waals surface area contributed by atoms with E-state index in [-0.39, 0.29) is 11.9 Å². The van der Waals surface area contributed by atoms with Gasteiger partial charge >= 0.3 is 0 Å². The first kappa shape index (κ1) is 16.3. The predicted octanol–water partition coefficient (Wildman–Crippen LogP) is 2.46. The molecule has 3 unspecified atom stereocenters. The third kappa shape index (κ3) is 2.96. The number of nitrogens with zero attached hydrogens (tertiary/aromatic N) is 2. The number of amides is 1. The van der Waals surface area contributed by atoms with E-state index in [9.17, 15) is 4.79 Å². The van der Waals surface area contributed by atoms with Gasteiger partial charge in [-0.15, -0.1) is 0 Å². The third-order valence-corrected chi connectivity index (χ3v) is 5.49. The Bertz CT molecular complexity index is 770. The average Bonchev–Trinajstić information content (AvgIpc) is 3.19. The van der Waals surface area contributed by atoms with Crippen molar-refractivity contribution in [3.05, 3.63) is 41.7 Å². The molecule has 3 atom stereocenters. The molecule has 1 aromatic heterocycles. The molecule has 1 amide bonds. The van der Waals surface area contributed by atoms with Crippen molar-refractivity contribution in [1.82, 2.24) is 20.6 Å². The van der Waals surface area contributed by atoms with Crippen molar-refractivity contribution in [3.63, 3.8) is 0 Å². The van der Waals surface area contributed by atoms with Crippen LogP contribution >= 0.6 is 0 Å². The van der Waals surface area contributed by atoms with E-state index >= 15 is 0 Å². The molecule has 2 heterocycles. The van der Waals surface area contributed by atoms with Gasteiger partial charge in [-0.05, 0) is 38.8 Å². The van der Waals surface area contributed by atoms with E-state index in [1.54, 1.807) is 0 Å². The van der Waals surface area contributed by atoms with Crippen molar-refractivity contribution in [3.8, 4) is 5.69 Å². The molecule has 2 fully saturated rings. The highest BCUT2D eigenvalue weighted by Gasteiger charge is 2.41. The second-order valence-corrected chi connectivity index (χ2v) is 7.10. The van der Waals surface area contributed by atoms with Gasteiger partial charge in [0.15, 0.2) is 0 Å². The Balaban J connectivity index is 1.55. The molecule has 0 bridgehead atoms. The zero-order valence-corrected chi connectivity index (χ0v) is 14.7. The second kappa shape index (κ2) is 6.61. The fourth-order valence-corrected chi connectivity index (χ4v) is 4.15. The minimum absolute atomic E-state index is 0.0284. The first-order chi connectivity index (χ1) is 12.1. The summed E-state index contributed by atoms with van der Waals surface area (Å²) in [6, 6.07) is 10.2. The van der Waals surface area contributed by atoms with Crippen LogP contribution in [0.3, 0.4) is 0 Å². The number of hydrogen-bond donors (Lipinski definition) is 3. The summed E-state index contributed by atoms with van der Waals surface area (Å²) in [6.45, 7) is 3.93. The number of aromatic nitrogens is 2. The van der Waals surface area contributed by atoms with Crippen molar-refractivity contribution in [2.45, 2.75) is 51.6 Å². The van der Waals surface area contributed by atoms with Gasteiger partial charge in [0.1, 0.15) is 6.04 Å². The number of carbonyl (C=O) groups excluding carboxylic acids is 1. The summed E-state index contributed by atoms with van der Waals surface area (Å²) in [5.74, 6) is 0.402. The van der Waals surface area contributed by atoms with Gasteiger partial charge in [0.05, 0.1) is 22.8 Å². The van der Waals surface area contributed by atoms with Crippen molar-refractivity contribution >= 4 is 11.6 Å². The summed E-state index contributed by atoms with van der Waals surface area (Å²) in [7, 11) is 0. The van der Waals surface area contributed by atoms with Crippen molar-refractivity contribution in [1.29, 1.82) is 0 Å². The maximum absolute atomic E-state index is 12.9. The molecule has 3 N–H and O–H groups in total. The van der Waals surface area contributed by atoms with Crippen LogP contribution < -0.4 is 16.2 Å². The summed E-state index contributed by atoms with van der Waals surface area (Å²) in [5, 5.41) is 7.73. The number of anilines is 1. The molecule has 1 aromatic carbocycles. The molecule has 0 radical (unpaired) electrons. The lowest BCUT2D eigenvalue weighted by atomic mass is 9.81. The Morgan fingerprint density at radius 1 is 1.16 bits per heavy atom. The van der Waals surface area contributed by atoms with E-state index in [1.807, 2.05) is 48.9 Å². The number of aryl methyl sites for hydroxylation is 1. The molecule has 2 aromatic rings. The molecular formula is C19H25N5O. The summed E-state index contributed by atoms with van der Waals surface area (Å²) >= 11 is 0. The highest BCUT2D eigenvalue weighted by molar-refractivity contribution is 5.96. The van der Waals surface area contributed by atoms with Crippen LogP contribution in [-0.2, 0) is 4.79 Å².